The van der Waals surface area contributed by atoms with Gasteiger partial charge in [0.05, 0.1) is 5.92 Å². The highest BCUT2D eigenvalue weighted by Gasteiger charge is 2.42. The van der Waals surface area contributed by atoms with Crippen LogP contribution in [0.1, 0.15) is 32.6 Å². The summed E-state index contributed by atoms with van der Waals surface area (Å²) in [7, 11) is 0. The Labute approximate surface area is 111 Å². The molecule has 7 heteroatoms. The molecule has 0 radical (unpaired) electrons. The van der Waals surface area contributed by atoms with Gasteiger partial charge in [0.15, 0.2) is 0 Å². The van der Waals surface area contributed by atoms with Gasteiger partial charge in [0.1, 0.15) is 0 Å². The molecule has 3 nitrogen and oxygen atoms in total. The molecule has 0 aliphatic carbocycles. The van der Waals surface area contributed by atoms with E-state index in [-0.39, 0.29) is 43.7 Å². The van der Waals surface area contributed by atoms with Crippen LogP contribution in [0.2, 0.25) is 0 Å². The Balaban J connectivity index is 0.00000289. The molecule has 1 aliphatic rings. The van der Waals surface area contributed by atoms with E-state index in [0.717, 1.165) is 0 Å². The molecule has 1 amide bonds. The average Bonchev–Trinajstić information content (AvgIpc) is 2.25. The summed E-state index contributed by atoms with van der Waals surface area (Å²) in [6.07, 6.45) is -2.89. The van der Waals surface area contributed by atoms with Crippen LogP contribution in [-0.4, -0.2) is 36.1 Å². The standard InChI is InChI=1S/C11H19F3N2O.ClH/c1-8(15)4-5-10(17)16-6-2-3-9(7-16)11(12,13)14;/h8-9H,2-7,15H2,1H3;1H. The Hall–Kier alpha value is -0.490. The van der Waals surface area contributed by atoms with Crippen molar-refractivity contribution in [2.24, 2.45) is 11.7 Å². The molecule has 0 spiro atoms. The molecule has 0 aromatic rings. The highest BCUT2D eigenvalue weighted by molar-refractivity contribution is 5.85. The maximum absolute atomic E-state index is 12.5. The number of alkyl halides is 3. The number of rotatable bonds is 3. The molecule has 1 saturated heterocycles. The first-order valence-electron chi connectivity index (χ1n) is 5.90. The maximum atomic E-state index is 12.5. The van der Waals surface area contributed by atoms with Gasteiger partial charge in [-0.25, -0.2) is 0 Å². The van der Waals surface area contributed by atoms with E-state index in [2.05, 4.69) is 0 Å². The normalized spacial score (nSPS) is 22.3. The zero-order chi connectivity index (χ0) is 13.1. The van der Waals surface area contributed by atoms with Gasteiger partial charge in [0, 0.05) is 25.6 Å². The second kappa shape index (κ2) is 7.19. The third-order valence-corrected chi connectivity index (χ3v) is 3.05. The first-order valence-corrected chi connectivity index (χ1v) is 5.90. The van der Waals surface area contributed by atoms with Crippen LogP contribution in [0.3, 0.4) is 0 Å². The Morgan fingerprint density at radius 1 is 1.50 bits per heavy atom. The first-order chi connectivity index (χ1) is 7.80. The van der Waals surface area contributed by atoms with Gasteiger partial charge in [-0.2, -0.15) is 13.2 Å². The van der Waals surface area contributed by atoms with E-state index in [4.69, 9.17) is 5.73 Å². The van der Waals surface area contributed by atoms with Crippen LogP contribution in [0.4, 0.5) is 13.2 Å². The van der Waals surface area contributed by atoms with Gasteiger partial charge < -0.3 is 10.6 Å². The topological polar surface area (TPSA) is 46.3 Å². The summed E-state index contributed by atoms with van der Waals surface area (Å²) >= 11 is 0. The minimum Gasteiger partial charge on any atom is -0.342 e. The van der Waals surface area contributed by atoms with Crippen molar-refractivity contribution in [3.05, 3.63) is 0 Å². The van der Waals surface area contributed by atoms with Crippen molar-refractivity contribution < 1.29 is 18.0 Å². The van der Waals surface area contributed by atoms with Gasteiger partial charge in [0.2, 0.25) is 5.91 Å². The summed E-state index contributed by atoms with van der Waals surface area (Å²) in [5.41, 5.74) is 5.52. The molecule has 0 bridgehead atoms. The quantitative estimate of drug-likeness (QED) is 0.866. The number of likely N-dealkylation sites (tertiary alicyclic amines) is 1. The van der Waals surface area contributed by atoms with Gasteiger partial charge in [-0.3, -0.25) is 4.79 Å². The maximum Gasteiger partial charge on any atom is 0.393 e. The van der Waals surface area contributed by atoms with Gasteiger partial charge in [-0.05, 0) is 26.2 Å². The van der Waals surface area contributed by atoms with E-state index in [0.29, 0.717) is 19.4 Å². The van der Waals surface area contributed by atoms with Crippen molar-refractivity contribution in [2.45, 2.75) is 44.8 Å². The number of halogens is 4. The fourth-order valence-electron chi connectivity index (χ4n) is 1.98. The minimum absolute atomic E-state index is 0. The van der Waals surface area contributed by atoms with Gasteiger partial charge in [-0.15, -0.1) is 12.4 Å². The summed E-state index contributed by atoms with van der Waals surface area (Å²) in [5, 5.41) is 0. The number of carbonyl (C=O) groups is 1. The number of nitrogens with two attached hydrogens (primary N) is 1. The fourth-order valence-corrected chi connectivity index (χ4v) is 1.98. The van der Waals surface area contributed by atoms with Crippen LogP contribution in [-0.2, 0) is 4.79 Å². The number of nitrogens with zero attached hydrogens (tertiary/aromatic N) is 1. The van der Waals surface area contributed by atoms with Crippen molar-refractivity contribution in [3.8, 4) is 0 Å². The van der Waals surface area contributed by atoms with E-state index in [1.165, 1.54) is 4.90 Å². The second-order valence-corrected chi connectivity index (χ2v) is 4.74. The zero-order valence-electron chi connectivity index (χ0n) is 10.4. The summed E-state index contributed by atoms with van der Waals surface area (Å²) in [6, 6.07) is -0.0952. The minimum atomic E-state index is -4.19. The van der Waals surface area contributed by atoms with E-state index in [9.17, 15) is 18.0 Å². The van der Waals surface area contributed by atoms with Gasteiger partial charge in [0.25, 0.3) is 0 Å². The van der Waals surface area contributed by atoms with Crippen molar-refractivity contribution in [1.29, 1.82) is 0 Å². The SMILES string of the molecule is CC(N)CCC(=O)N1CCCC(C(F)(F)F)C1.Cl. The van der Waals surface area contributed by atoms with E-state index >= 15 is 0 Å². The smallest absolute Gasteiger partial charge is 0.342 e. The van der Waals surface area contributed by atoms with Crippen LogP contribution in [0.5, 0.6) is 0 Å². The molecule has 1 aliphatic heterocycles. The number of hydrogen-bond acceptors (Lipinski definition) is 2. The summed E-state index contributed by atoms with van der Waals surface area (Å²) in [4.78, 5) is 13.0. The lowest BCUT2D eigenvalue weighted by Gasteiger charge is -2.33. The molecule has 18 heavy (non-hydrogen) atoms. The number of hydrogen-bond donors (Lipinski definition) is 1. The Morgan fingerprint density at radius 3 is 2.61 bits per heavy atom. The van der Waals surface area contributed by atoms with Crippen LogP contribution in [0.15, 0.2) is 0 Å². The van der Waals surface area contributed by atoms with E-state index in [1.54, 1.807) is 6.92 Å². The summed E-state index contributed by atoms with van der Waals surface area (Å²) in [6.45, 7) is 2.02. The van der Waals surface area contributed by atoms with Gasteiger partial charge >= 0.3 is 6.18 Å². The lowest BCUT2D eigenvalue weighted by atomic mass is 9.97. The molecule has 1 rings (SSSR count). The molecule has 2 atom stereocenters. The molecular formula is C11H20ClF3N2O. The molecule has 1 heterocycles. The third kappa shape index (κ3) is 5.44. The van der Waals surface area contributed by atoms with E-state index in [1.807, 2.05) is 0 Å². The monoisotopic (exact) mass is 288 g/mol. The van der Waals surface area contributed by atoms with Crippen LogP contribution < -0.4 is 5.73 Å². The van der Waals surface area contributed by atoms with Crippen molar-refractivity contribution in [2.75, 3.05) is 13.1 Å². The Morgan fingerprint density at radius 2 is 2.11 bits per heavy atom. The van der Waals surface area contributed by atoms with Crippen molar-refractivity contribution in [3.63, 3.8) is 0 Å². The third-order valence-electron chi connectivity index (χ3n) is 3.05. The van der Waals surface area contributed by atoms with Crippen LogP contribution in [0, 0.1) is 5.92 Å². The lowest BCUT2D eigenvalue weighted by Crippen LogP contribution is -2.44. The summed E-state index contributed by atoms with van der Waals surface area (Å²) < 4.78 is 37.6. The molecule has 0 aromatic carbocycles. The molecule has 1 fully saturated rings. The second-order valence-electron chi connectivity index (χ2n) is 4.74. The van der Waals surface area contributed by atoms with E-state index < -0.39 is 12.1 Å². The highest BCUT2D eigenvalue weighted by Crippen LogP contribution is 2.33. The predicted octanol–water partition coefficient (Wildman–Crippen LogP) is 2.34. The fraction of sp³-hybridized carbons (Fsp3) is 0.909. The molecule has 0 saturated carbocycles. The highest BCUT2D eigenvalue weighted by atomic mass is 35.5. The Kier molecular flexibility index (Phi) is 6.99. The number of piperidine rings is 1. The van der Waals surface area contributed by atoms with Gasteiger partial charge in [-0.1, -0.05) is 0 Å². The molecule has 0 aromatic heterocycles. The zero-order valence-corrected chi connectivity index (χ0v) is 11.2. The van der Waals surface area contributed by atoms with Crippen molar-refractivity contribution >= 4 is 18.3 Å². The summed E-state index contributed by atoms with van der Waals surface area (Å²) in [5.74, 6) is -1.58. The predicted molar refractivity (Wildman–Crippen MR) is 65.5 cm³/mol. The lowest BCUT2D eigenvalue weighted by molar-refractivity contribution is -0.188. The first kappa shape index (κ1) is 17.5. The Bertz CT molecular complexity index is 272. The number of amides is 1. The molecule has 2 unspecified atom stereocenters. The average molecular weight is 289 g/mol. The van der Waals surface area contributed by atoms with Crippen LogP contribution >= 0.6 is 12.4 Å². The largest absolute Gasteiger partial charge is 0.393 e. The molecular weight excluding hydrogens is 269 g/mol. The van der Waals surface area contributed by atoms with Crippen molar-refractivity contribution in [1.82, 2.24) is 4.90 Å². The number of carbonyl (C=O) groups excluding carboxylic acids is 1. The van der Waals surface area contributed by atoms with Crippen LogP contribution in [0.25, 0.3) is 0 Å². The molecule has 108 valence electrons. The molecule has 2 N–H and O–H groups in total.